The second kappa shape index (κ2) is 8.29. The highest BCUT2D eigenvalue weighted by Crippen LogP contribution is 2.28. The predicted molar refractivity (Wildman–Crippen MR) is 99.8 cm³/mol. The van der Waals surface area contributed by atoms with Crippen molar-refractivity contribution in [2.24, 2.45) is 0 Å². The van der Waals surface area contributed by atoms with Crippen molar-refractivity contribution in [1.29, 1.82) is 0 Å². The first kappa shape index (κ1) is 18.3. The van der Waals surface area contributed by atoms with Gasteiger partial charge in [-0.2, -0.15) is 0 Å². The smallest absolute Gasteiger partial charge is 0.237 e. The van der Waals surface area contributed by atoms with Crippen LogP contribution >= 0.6 is 23.4 Å². The van der Waals surface area contributed by atoms with Crippen LogP contribution in [0.25, 0.3) is 0 Å². The third kappa shape index (κ3) is 4.39. The van der Waals surface area contributed by atoms with E-state index in [4.69, 9.17) is 20.8 Å². The first-order chi connectivity index (χ1) is 12.6. The van der Waals surface area contributed by atoms with Crippen LogP contribution < -0.4 is 10.1 Å². The van der Waals surface area contributed by atoms with Gasteiger partial charge in [-0.25, -0.2) is 0 Å². The van der Waals surface area contributed by atoms with Gasteiger partial charge in [-0.3, -0.25) is 4.79 Å². The predicted octanol–water partition coefficient (Wildman–Crippen LogP) is 3.70. The van der Waals surface area contributed by atoms with Gasteiger partial charge in [0.05, 0.1) is 30.2 Å². The van der Waals surface area contributed by atoms with Crippen molar-refractivity contribution in [2.45, 2.75) is 23.9 Å². The van der Waals surface area contributed by atoms with Crippen molar-refractivity contribution in [2.75, 3.05) is 12.4 Å². The van der Waals surface area contributed by atoms with Crippen LogP contribution in [0.3, 0.4) is 0 Å². The Morgan fingerprint density at radius 2 is 2.31 bits per heavy atom. The Hall–Kier alpha value is -2.45. The number of carbonyl (C=O) groups excluding carboxylic acids is 1. The first-order valence-corrected chi connectivity index (χ1v) is 9.04. The van der Waals surface area contributed by atoms with Crippen molar-refractivity contribution in [1.82, 2.24) is 14.8 Å². The van der Waals surface area contributed by atoms with Crippen LogP contribution in [-0.2, 0) is 11.3 Å². The van der Waals surface area contributed by atoms with Gasteiger partial charge in [0.15, 0.2) is 5.16 Å². The molecule has 0 bridgehead atoms. The summed E-state index contributed by atoms with van der Waals surface area (Å²) in [6, 6.07) is 8.78. The average Bonchev–Trinajstić information content (AvgIpc) is 3.28. The van der Waals surface area contributed by atoms with Crippen molar-refractivity contribution < 1.29 is 13.9 Å². The molecule has 0 spiro atoms. The number of ether oxygens (including phenoxy) is 1. The zero-order chi connectivity index (χ0) is 18.5. The first-order valence-electron chi connectivity index (χ1n) is 7.78. The van der Waals surface area contributed by atoms with Gasteiger partial charge in [0, 0.05) is 5.69 Å². The SMILES string of the molecule is COc1ccc(NC(=O)C(C)Sc2nncn2Cc2ccco2)cc1Cl. The molecular formula is C17H17ClN4O3S. The average molecular weight is 393 g/mol. The minimum absolute atomic E-state index is 0.163. The molecule has 0 aliphatic carbocycles. The number of furan rings is 1. The Balaban J connectivity index is 1.63. The number of carbonyl (C=O) groups is 1. The monoisotopic (exact) mass is 392 g/mol. The van der Waals surface area contributed by atoms with Gasteiger partial charge in [0.1, 0.15) is 17.8 Å². The molecule has 7 nitrogen and oxygen atoms in total. The number of methoxy groups -OCH3 is 1. The number of aromatic nitrogens is 3. The Kier molecular flexibility index (Phi) is 5.85. The number of halogens is 1. The maximum Gasteiger partial charge on any atom is 0.237 e. The molecule has 1 amide bonds. The standard InChI is InChI=1S/C17H17ClN4O3S/c1-11(16(23)20-12-5-6-15(24-2)14(18)8-12)26-17-21-19-10-22(17)9-13-4-3-7-25-13/h3-8,10-11H,9H2,1-2H3,(H,20,23). The third-order valence-corrected chi connectivity index (χ3v) is 4.95. The summed E-state index contributed by atoms with van der Waals surface area (Å²) in [5.41, 5.74) is 0.602. The minimum Gasteiger partial charge on any atom is -0.495 e. The molecule has 2 aromatic heterocycles. The van der Waals surface area contributed by atoms with Crippen LogP contribution in [0.15, 0.2) is 52.5 Å². The lowest BCUT2D eigenvalue weighted by Crippen LogP contribution is -2.23. The molecule has 9 heteroatoms. The van der Waals surface area contributed by atoms with Gasteiger partial charge in [-0.05, 0) is 37.3 Å². The summed E-state index contributed by atoms with van der Waals surface area (Å²) < 4.78 is 12.3. The quantitative estimate of drug-likeness (QED) is 0.617. The fourth-order valence-electron chi connectivity index (χ4n) is 2.21. The largest absolute Gasteiger partial charge is 0.495 e. The van der Waals surface area contributed by atoms with Gasteiger partial charge >= 0.3 is 0 Å². The Bertz CT molecular complexity index is 882. The van der Waals surface area contributed by atoms with Gasteiger partial charge in [0.2, 0.25) is 5.91 Å². The van der Waals surface area contributed by atoms with E-state index < -0.39 is 0 Å². The van der Waals surface area contributed by atoms with Crippen molar-refractivity contribution in [3.63, 3.8) is 0 Å². The molecule has 0 saturated heterocycles. The normalized spacial score (nSPS) is 12.0. The van der Waals surface area contributed by atoms with E-state index >= 15 is 0 Å². The number of hydrogen-bond donors (Lipinski definition) is 1. The summed E-state index contributed by atoms with van der Waals surface area (Å²) in [7, 11) is 1.54. The maximum absolute atomic E-state index is 12.5. The lowest BCUT2D eigenvalue weighted by molar-refractivity contribution is -0.115. The Labute approximate surface area is 159 Å². The van der Waals surface area contributed by atoms with E-state index in [1.54, 1.807) is 37.7 Å². The number of thioether (sulfide) groups is 1. The van der Waals surface area contributed by atoms with Crippen LogP contribution in [-0.4, -0.2) is 33.0 Å². The summed E-state index contributed by atoms with van der Waals surface area (Å²) >= 11 is 7.40. The number of rotatable bonds is 7. The summed E-state index contributed by atoms with van der Waals surface area (Å²) in [4.78, 5) is 12.5. The van der Waals surface area contributed by atoms with Gasteiger partial charge < -0.3 is 19.0 Å². The highest BCUT2D eigenvalue weighted by Gasteiger charge is 2.19. The molecule has 0 radical (unpaired) electrons. The van der Waals surface area contributed by atoms with E-state index in [2.05, 4.69) is 15.5 Å². The number of benzene rings is 1. The lowest BCUT2D eigenvalue weighted by Gasteiger charge is -2.13. The molecule has 1 unspecified atom stereocenters. The second-order valence-electron chi connectivity index (χ2n) is 5.42. The molecule has 2 heterocycles. The summed E-state index contributed by atoms with van der Waals surface area (Å²) in [6.07, 6.45) is 3.22. The van der Waals surface area contributed by atoms with Crippen LogP contribution in [0.4, 0.5) is 5.69 Å². The van der Waals surface area contributed by atoms with E-state index in [-0.39, 0.29) is 11.2 Å². The maximum atomic E-state index is 12.5. The number of anilines is 1. The molecule has 3 aromatic rings. The lowest BCUT2D eigenvalue weighted by atomic mass is 10.3. The topological polar surface area (TPSA) is 82.2 Å². The third-order valence-electron chi connectivity index (χ3n) is 3.56. The fraction of sp³-hybridized carbons (Fsp3) is 0.235. The van der Waals surface area contributed by atoms with Crippen LogP contribution in [0.5, 0.6) is 5.75 Å². The van der Waals surface area contributed by atoms with Crippen LogP contribution in [0, 0.1) is 0 Å². The van der Waals surface area contributed by atoms with E-state index in [9.17, 15) is 4.79 Å². The molecule has 1 atom stereocenters. The molecule has 1 N–H and O–H groups in total. The molecule has 1 aromatic carbocycles. The molecule has 0 fully saturated rings. The van der Waals surface area contributed by atoms with Crippen LogP contribution in [0.1, 0.15) is 12.7 Å². The van der Waals surface area contributed by atoms with E-state index in [0.29, 0.717) is 28.2 Å². The zero-order valence-electron chi connectivity index (χ0n) is 14.2. The molecule has 0 saturated carbocycles. The molecule has 26 heavy (non-hydrogen) atoms. The summed E-state index contributed by atoms with van der Waals surface area (Å²) in [6.45, 7) is 2.31. The highest BCUT2D eigenvalue weighted by molar-refractivity contribution is 8.00. The highest BCUT2D eigenvalue weighted by atomic mass is 35.5. The number of nitrogens with zero attached hydrogens (tertiary/aromatic N) is 3. The number of hydrogen-bond acceptors (Lipinski definition) is 6. The van der Waals surface area contributed by atoms with Gasteiger partial charge in [0.25, 0.3) is 0 Å². The molecule has 136 valence electrons. The van der Waals surface area contributed by atoms with Crippen LogP contribution in [0.2, 0.25) is 5.02 Å². The zero-order valence-corrected chi connectivity index (χ0v) is 15.8. The molecular weight excluding hydrogens is 376 g/mol. The number of amides is 1. The van der Waals surface area contributed by atoms with Crippen molar-refractivity contribution in [3.05, 3.63) is 53.7 Å². The summed E-state index contributed by atoms with van der Waals surface area (Å²) in [5, 5.41) is 11.5. The van der Waals surface area contributed by atoms with Gasteiger partial charge in [-0.1, -0.05) is 23.4 Å². The summed E-state index contributed by atoms with van der Waals surface area (Å²) in [5.74, 6) is 1.18. The van der Waals surface area contributed by atoms with E-state index in [1.165, 1.54) is 18.9 Å². The fourth-order valence-corrected chi connectivity index (χ4v) is 3.30. The molecule has 0 aliphatic rings. The van der Waals surface area contributed by atoms with Crippen molar-refractivity contribution >= 4 is 35.0 Å². The van der Waals surface area contributed by atoms with E-state index in [1.807, 2.05) is 16.7 Å². The van der Waals surface area contributed by atoms with Gasteiger partial charge in [-0.15, -0.1) is 10.2 Å². The second-order valence-corrected chi connectivity index (χ2v) is 7.13. The van der Waals surface area contributed by atoms with Crippen molar-refractivity contribution in [3.8, 4) is 5.75 Å². The Morgan fingerprint density at radius 3 is 3.00 bits per heavy atom. The minimum atomic E-state index is -0.379. The molecule has 0 aliphatic heterocycles. The Morgan fingerprint density at radius 1 is 1.46 bits per heavy atom. The van der Waals surface area contributed by atoms with E-state index in [0.717, 1.165) is 5.76 Å². The number of nitrogens with one attached hydrogen (secondary N) is 1. The molecule has 3 rings (SSSR count).